The number of hydrogen-bond donors (Lipinski definition) is 1. The number of rotatable bonds is 4. The molecule has 5 fully saturated rings. The molecule has 0 spiro atoms. The molecule has 5 rings (SSSR count). The largest absolute Gasteiger partial charge is 0.481 e. The zero-order chi connectivity index (χ0) is 23.6. The van der Waals surface area contributed by atoms with Gasteiger partial charge < -0.3 is 24.3 Å². The Morgan fingerprint density at radius 1 is 1.22 bits per heavy atom. The van der Waals surface area contributed by atoms with Crippen molar-refractivity contribution in [2.45, 2.75) is 110 Å². The second-order valence-electron chi connectivity index (χ2n) is 12.5. The van der Waals surface area contributed by atoms with Gasteiger partial charge in [-0.25, -0.2) is 4.79 Å². The molecule has 0 aromatic heterocycles. The molecule has 0 aromatic carbocycles. The Labute approximate surface area is 193 Å². The summed E-state index contributed by atoms with van der Waals surface area (Å²) in [7, 11) is -0.402. The van der Waals surface area contributed by atoms with Crippen molar-refractivity contribution in [3.05, 3.63) is 0 Å². The monoisotopic (exact) mass is 448 g/mol. The van der Waals surface area contributed by atoms with Crippen molar-refractivity contribution in [1.82, 2.24) is 10.2 Å². The SMILES string of the molecule is CC(C)[C@H](NC(=O)OC(C)(C)C)C(=O)N1CCC[C@@H]1B1O[C@@H]2[C@@H]3C[C@H](C[C@]2(C)O1)C3(C)C. The van der Waals surface area contributed by atoms with Gasteiger partial charge in [0, 0.05) is 6.54 Å². The second kappa shape index (κ2) is 7.90. The molecular weight excluding hydrogens is 407 g/mol. The summed E-state index contributed by atoms with van der Waals surface area (Å²) < 4.78 is 18.5. The Kier molecular flexibility index (Phi) is 5.89. The zero-order valence-electron chi connectivity index (χ0n) is 21.1. The quantitative estimate of drug-likeness (QED) is 0.663. The Hall–Kier alpha value is -1.28. The fraction of sp³-hybridized carbons (Fsp3) is 0.917. The van der Waals surface area contributed by atoms with Gasteiger partial charge in [0.25, 0.3) is 0 Å². The highest BCUT2D eigenvalue weighted by atomic mass is 16.7. The van der Waals surface area contributed by atoms with E-state index in [0.29, 0.717) is 23.8 Å². The van der Waals surface area contributed by atoms with Gasteiger partial charge in [0.1, 0.15) is 11.6 Å². The lowest BCUT2D eigenvalue weighted by molar-refractivity contribution is -0.185. The predicted molar refractivity (Wildman–Crippen MR) is 123 cm³/mol. The molecule has 32 heavy (non-hydrogen) atoms. The van der Waals surface area contributed by atoms with Gasteiger partial charge in [-0.3, -0.25) is 4.79 Å². The molecule has 2 bridgehead atoms. The van der Waals surface area contributed by atoms with Gasteiger partial charge in [-0.15, -0.1) is 0 Å². The second-order valence-corrected chi connectivity index (χ2v) is 12.5. The van der Waals surface area contributed by atoms with Crippen molar-refractivity contribution in [2.75, 3.05) is 6.54 Å². The number of likely N-dealkylation sites (tertiary alicyclic amines) is 1. The number of carbonyl (C=O) groups is 2. The first-order valence-electron chi connectivity index (χ1n) is 12.4. The lowest BCUT2D eigenvalue weighted by Crippen LogP contribution is -2.63. The van der Waals surface area contributed by atoms with E-state index in [1.165, 1.54) is 6.42 Å². The Morgan fingerprint density at radius 3 is 2.50 bits per heavy atom. The fourth-order valence-corrected chi connectivity index (χ4v) is 6.38. The molecule has 8 heteroatoms. The first-order chi connectivity index (χ1) is 14.7. The van der Waals surface area contributed by atoms with E-state index in [0.717, 1.165) is 19.3 Å². The van der Waals surface area contributed by atoms with Crippen molar-refractivity contribution in [1.29, 1.82) is 0 Å². The maximum absolute atomic E-state index is 13.6. The molecule has 6 atom stereocenters. The third-order valence-electron chi connectivity index (χ3n) is 8.33. The van der Waals surface area contributed by atoms with E-state index in [2.05, 4.69) is 26.1 Å². The number of ether oxygens (including phenoxy) is 1. The number of hydrogen-bond acceptors (Lipinski definition) is 5. The van der Waals surface area contributed by atoms with Crippen molar-refractivity contribution in [3.63, 3.8) is 0 Å². The van der Waals surface area contributed by atoms with E-state index < -0.39 is 24.9 Å². The summed E-state index contributed by atoms with van der Waals surface area (Å²) in [5, 5.41) is 2.81. The van der Waals surface area contributed by atoms with Crippen LogP contribution in [0.4, 0.5) is 4.79 Å². The summed E-state index contributed by atoms with van der Waals surface area (Å²) in [4.78, 5) is 27.8. The predicted octanol–water partition coefficient (Wildman–Crippen LogP) is 3.79. The van der Waals surface area contributed by atoms with Crippen LogP contribution in [-0.4, -0.2) is 59.9 Å². The van der Waals surface area contributed by atoms with Gasteiger partial charge >= 0.3 is 13.2 Å². The first-order valence-corrected chi connectivity index (χ1v) is 12.4. The summed E-state index contributed by atoms with van der Waals surface area (Å²) in [5.74, 6) is 0.937. The van der Waals surface area contributed by atoms with Crippen molar-refractivity contribution in [2.24, 2.45) is 23.2 Å². The van der Waals surface area contributed by atoms with E-state index in [1.54, 1.807) is 0 Å². The topological polar surface area (TPSA) is 77.1 Å². The molecule has 3 aliphatic carbocycles. The molecule has 3 saturated carbocycles. The lowest BCUT2D eigenvalue weighted by Gasteiger charge is -2.63. The molecule has 5 aliphatic rings. The maximum atomic E-state index is 13.6. The Bertz CT molecular complexity index is 766. The number of nitrogens with one attached hydrogen (secondary N) is 1. The van der Waals surface area contributed by atoms with E-state index in [4.69, 9.17) is 14.0 Å². The van der Waals surface area contributed by atoms with Gasteiger partial charge in [0.15, 0.2) is 0 Å². The molecule has 1 N–H and O–H groups in total. The number of amides is 2. The van der Waals surface area contributed by atoms with Gasteiger partial charge in [-0.1, -0.05) is 27.7 Å². The van der Waals surface area contributed by atoms with Crippen LogP contribution in [0.1, 0.15) is 81.1 Å². The number of carbonyl (C=O) groups excluding carboxylic acids is 2. The molecule has 7 nitrogen and oxygen atoms in total. The average molecular weight is 448 g/mol. The van der Waals surface area contributed by atoms with Crippen LogP contribution < -0.4 is 5.32 Å². The van der Waals surface area contributed by atoms with Crippen LogP contribution in [0.5, 0.6) is 0 Å². The average Bonchev–Trinajstić information content (AvgIpc) is 3.27. The smallest absolute Gasteiger partial charge is 0.444 e. The summed E-state index contributed by atoms with van der Waals surface area (Å²) in [6.07, 6.45) is 3.53. The zero-order valence-corrected chi connectivity index (χ0v) is 21.1. The summed E-state index contributed by atoms with van der Waals surface area (Å²) in [5.41, 5.74) is -0.582. The van der Waals surface area contributed by atoms with Crippen molar-refractivity contribution < 1.29 is 23.6 Å². The molecule has 2 aliphatic heterocycles. The molecule has 0 aromatic rings. The van der Waals surface area contributed by atoms with Gasteiger partial charge in [-0.2, -0.15) is 0 Å². The third-order valence-corrected chi connectivity index (χ3v) is 8.33. The normalized spacial score (nSPS) is 36.5. The molecule has 180 valence electrons. The molecule has 0 radical (unpaired) electrons. The summed E-state index contributed by atoms with van der Waals surface area (Å²) in [6, 6.07) is -0.642. The standard InChI is InChI=1S/C24H41BN2O5/c1-14(2)18(26-21(29)30-22(3,4)5)20(28)27-11-9-10-17(27)25-31-19-16-12-15(23(16,6)7)13-24(19,8)32-25/h14-19H,9-13H2,1-8H3,(H,26,29)/t15-,16+,17-,18+,19-,24+/m1/s1. The van der Waals surface area contributed by atoms with Crippen LogP contribution in [0.15, 0.2) is 0 Å². The van der Waals surface area contributed by atoms with Crippen LogP contribution in [0.2, 0.25) is 0 Å². The minimum Gasteiger partial charge on any atom is -0.444 e. The van der Waals surface area contributed by atoms with Crippen LogP contribution in [0.3, 0.4) is 0 Å². The maximum Gasteiger partial charge on any atom is 0.481 e. The van der Waals surface area contributed by atoms with E-state index in [-0.39, 0.29) is 29.5 Å². The Morgan fingerprint density at radius 2 is 1.91 bits per heavy atom. The lowest BCUT2D eigenvalue weighted by atomic mass is 9.45. The minimum atomic E-state index is -0.642. The minimum absolute atomic E-state index is 0.0604. The highest BCUT2D eigenvalue weighted by molar-refractivity contribution is 6.48. The molecule has 2 heterocycles. The van der Waals surface area contributed by atoms with E-state index in [1.807, 2.05) is 39.5 Å². The van der Waals surface area contributed by atoms with Gasteiger partial charge in [0.05, 0.1) is 17.6 Å². The highest BCUT2D eigenvalue weighted by Gasteiger charge is 2.68. The van der Waals surface area contributed by atoms with Crippen LogP contribution >= 0.6 is 0 Å². The third kappa shape index (κ3) is 4.06. The van der Waals surface area contributed by atoms with Gasteiger partial charge in [-0.05, 0) is 76.5 Å². The number of alkyl carbamates (subject to hydrolysis) is 1. The number of nitrogens with zero attached hydrogens (tertiary/aromatic N) is 1. The molecule has 0 unspecified atom stereocenters. The molecule has 2 saturated heterocycles. The van der Waals surface area contributed by atoms with Crippen LogP contribution in [0, 0.1) is 23.2 Å². The van der Waals surface area contributed by atoms with Crippen LogP contribution in [0.25, 0.3) is 0 Å². The Balaban J connectivity index is 1.46. The van der Waals surface area contributed by atoms with Crippen LogP contribution in [-0.2, 0) is 18.8 Å². The molecule has 2 amide bonds. The molecular formula is C24H41BN2O5. The van der Waals surface area contributed by atoms with Crippen molar-refractivity contribution >= 4 is 19.1 Å². The summed E-state index contributed by atoms with van der Waals surface area (Å²) in [6.45, 7) is 16.9. The summed E-state index contributed by atoms with van der Waals surface area (Å²) >= 11 is 0. The van der Waals surface area contributed by atoms with Crippen molar-refractivity contribution in [3.8, 4) is 0 Å². The fourth-order valence-electron chi connectivity index (χ4n) is 6.38. The van der Waals surface area contributed by atoms with Gasteiger partial charge in [0.2, 0.25) is 5.91 Å². The van der Waals surface area contributed by atoms with E-state index in [9.17, 15) is 9.59 Å². The van der Waals surface area contributed by atoms with E-state index >= 15 is 0 Å². The highest BCUT2D eigenvalue weighted by Crippen LogP contribution is 2.64. The first kappa shape index (κ1) is 23.9.